The Morgan fingerprint density at radius 3 is 2.58 bits per heavy atom. The van der Waals surface area contributed by atoms with Crippen molar-refractivity contribution in [1.82, 2.24) is 0 Å². The maximum atomic E-state index is 12.6. The molecule has 134 valence electrons. The van der Waals surface area contributed by atoms with Gasteiger partial charge in [0.1, 0.15) is 11.3 Å². The zero-order chi connectivity index (χ0) is 18.5. The van der Waals surface area contributed by atoms with Crippen LogP contribution in [0.5, 0.6) is 0 Å². The molecule has 4 rings (SSSR count). The molecule has 0 saturated carbocycles. The van der Waals surface area contributed by atoms with Gasteiger partial charge in [-0.1, -0.05) is 17.7 Å². The van der Waals surface area contributed by atoms with Gasteiger partial charge in [0.05, 0.1) is 20.6 Å². The Hall–Kier alpha value is -2.12. The number of benzene rings is 2. The summed E-state index contributed by atoms with van der Waals surface area (Å²) < 4.78 is 34.3. The average molecular weight is 434 g/mol. The van der Waals surface area contributed by atoms with Crippen LogP contribution in [0.4, 0.5) is 5.69 Å². The lowest BCUT2D eigenvalue weighted by Crippen LogP contribution is -2.13. The Morgan fingerprint density at radius 2 is 1.85 bits per heavy atom. The molecule has 0 bridgehead atoms. The number of rotatable bonds is 3. The Labute approximate surface area is 159 Å². The third kappa shape index (κ3) is 2.95. The van der Waals surface area contributed by atoms with Crippen molar-refractivity contribution in [2.24, 2.45) is 0 Å². The molecule has 1 aliphatic carbocycles. The number of sulfonamides is 1. The second-order valence-corrected chi connectivity index (χ2v) is 8.97. The summed E-state index contributed by atoms with van der Waals surface area (Å²) in [5.74, 6) is 0.714. The maximum absolute atomic E-state index is 12.6. The van der Waals surface area contributed by atoms with Gasteiger partial charge in [0.2, 0.25) is 0 Å². The standard InChI is InChI=1S/C19H16BrNO4S/c1-11-5-7-13(8-6-11)26(23,24)21-12-9-14-18-16(22)3-2-4-17(18)25-19(14)15(20)10-12/h5-10,21H,2-4H2,1H3. The molecule has 1 aliphatic rings. The van der Waals surface area contributed by atoms with Crippen LogP contribution in [0.2, 0.25) is 0 Å². The van der Waals surface area contributed by atoms with Crippen LogP contribution in [0, 0.1) is 6.92 Å². The monoisotopic (exact) mass is 433 g/mol. The van der Waals surface area contributed by atoms with E-state index in [9.17, 15) is 13.2 Å². The van der Waals surface area contributed by atoms with Crippen molar-refractivity contribution >= 4 is 48.4 Å². The first-order chi connectivity index (χ1) is 12.3. The molecule has 0 saturated heterocycles. The van der Waals surface area contributed by atoms with Crippen molar-refractivity contribution < 1.29 is 17.6 Å². The van der Waals surface area contributed by atoms with E-state index in [1.807, 2.05) is 6.92 Å². The molecule has 5 nitrogen and oxygen atoms in total. The van der Waals surface area contributed by atoms with Crippen molar-refractivity contribution in [2.45, 2.75) is 31.1 Å². The zero-order valence-electron chi connectivity index (χ0n) is 14.0. The fourth-order valence-electron chi connectivity index (χ4n) is 3.21. The highest BCUT2D eigenvalue weighted by Gasteiger charge is 2.26. The van der Waals surface area contributed by atoms with Gasteiger partial charge in [-0.2, -0.15) is 0 Å². The van der Waals surface area contributed by atoms with E-state index in [1.54, 1.807) is 36.4 Å². The predicted octanol–water partition coefficient (Wildman–Crippen LogP) is 4.82. The van der Waals surface area contributed by atoms with Gasteiger partial charge >= 0.3 is 0 Å². The van der Waals surface area contributed by atoms with E-state index < -0.39 is 10.0 Å². The van der Waals surface area contributed by atoms with Crippen LogP contribution in [0.1, 0.15) is 34.5 Å². The summed E-state index contributed by atoms with van der Waals surface area (Å²) in [4.78, 5) is 12.5. The van der Waals surface area contributed by atoms with Gasteiger partial charge in [-0.15, -0.1) is 0 Å². The number of fused-ring (bicyclic) bond motifs is 3. The lowest BCUT2D eigenvalue weighted by molar-refractivity contribution is 0.0971. The van der Waals surface area contributed by atoms with E-state index in [0.717, 1.165) is 12.0 Å². The molecule has 7 heteroatoms. The number of carbonyl (C=O) groups is 1. The third-order valence-electron chi connectivity index (χ3n) is 4.49. The average Bonchev–Trinajstić information content (AvgIpc) is 2.95. The van der Waals surface area contributed by atoms with Gasteiger partial charge in [0.15, 0.2) is 5.78 Å². The summed E-state index contributed by atoms with van der Waals surface area (Å²) in [7, 11) is -3.72. The van der Waals surface area contributed by atoms with Gasteiger partial charge in [-0.3, -0.25) is 9.52 Å². The summed E-state index contributed by atoms with van der Waals surface area (Å²) in [6.45, 7) is 1.90. The highest BCUT2D eigenvalue weighted by molar-refractivity contribution is 9.10. The number of hydrogen-bond donors (Lipinski definition) is 1. The Balaban J connectivity index is 1.79. The number of hydrogen-bond acceptors (Lipinski definition) is 4. The molecule has 0 amide bonds. The van der Waals surface area contributed by atoms with Crippen LogP contribution < -0.4 is 4.72 Å². The molecule has 0 unspecified atom stereocenters. The summed E-state index contributed by atoms with van der Waals surface area (Å²) in [6.07, 6.45) is 1.97. The van der Waals surface area contributed by atoms with Crippen LogP contribution in [0.25, 0.3) is 11.0 Å². The topological polar surface area (TPSA) is 76.4 Å². The van der Waals surface area contributed by atoms with Crippen molar-refractivity contribution in [3.05, 3.63) is 57.8 Å². The minimum Gasteiger partial charge on any atom is -0.459 e. The molecule has 1 heterocycles. The summed E-state index contributed by atoms with van der Waals surface area (Å²) in [6, 6.07) is 9.94. The van der Waals surface area contributed by atoms with Crippen molar-refractivity contribution in [3.63, 3.8) is 0 Å². The summed E-state index contributed by atoms with van der Waals surface area (Å²) in [5, 5.41) is 0.640. The van der Waals surface area contributed by atoms with E-state index in [0.29, 0.717) is 45.3 Å². The largest absolute Gasteiger partial charge is 0.459 e. The Bertz CT molecular complexity index is 1130. The number of anilines is 1. The lowest BCUT2D eigenvalue weighted by Gasteiger charge is -2.10. The fourth-order valence-corrected chi connectivity index (χ4v) is 4.80. The second kappa shape index (κ2) is 6.25. The van der Waals surface area contributed by atoms with E-state index in [2.05, 4.69) is 20.7 Å². The SMILES string of the molecule is Cc1ccc(S(=O)(=O)Nc2cc(Br)c3oc4c(c3c2)C(=O)CCC4)cc1. The summed E-state index contributed by atoms with van der Waals surface area (Å²) in [5.41, 5.74) is 2.51. The number of Topliss-reactive ketones (excluding diaryl/α,β-unsaturated/α-hetero) is 1. The van der Waals surface area contributed by atoms with E-state index in [4.69, 9.17) is 4.42 Å². The minimum absolute atomic E-state index is 0.0374. The quantitative estimate of drug-likeness (QED) is 0.641. The molecule has 0 fully saturated rings. The van der Waals surface area contributed by atoms with E-state index in [-0.39, 0.29) is 10.7 Å². The second-order valence-electron chi connectivity index (χ2n) is 6.43. The van der Waals surface area contributed by atoms with Gasteiger partial charge in [0, 0.05) is 18.2 Å². The molecule has 0 aliphatic heterocycles. The zero-order valence-corrected chi connectivity index (χ0v) is 16.4. The van der Waals surface area contributed by atoms with Gasteiger partial charge < -0.3 is 4.42 Å². The highest BCUT2D eigenvalue weighted by atomic mass is 79.9. The number of ketones is 1. The number of aryl methyl sites for hydroxylation is 2. The Kier molecular flexibility index (Phi) is 4.16. The van der Waals surface area contributed by atoms with Crippen LogP contribution in [-0.4, -0.2) is 14.2 Å². The molecule has 0 spiro atoms. The fraction of sp³-hybridized carbons (Fsp3) is 0.211. The van der Waals surface area contributed by atoms with Crippen LogP contribution in [0.3, 0.4) is 0 Å². The maximum Gasteiger partial charge on any atom is 0.261 e. The minimum atomic E-state index is -3.72. The van der Waals surface area contributed by atoms with E-state index in [1.165, 1.54) is 0 Å². The third-order valence-corrected chi connectivity index (χ3v) is 6.47. The first-order valence-electron chi connectivity index (χ1n) is 8.23. The smallest absolute Gasteiger partial charge is 0.261 e. The van der Waals surface area contributed by atoms with Crippen molar-refractivity contribution in [3.8, 4) is 0 Å². The van der Waals surface area contributed by atoms with Gasteiger partial charge in [-0.05, 0) is 53.5 Å². The lowest BCUT2D eigenvalue weighted by atomic mass is 9.94. The number of carbonyl (C=O) groups excluding carboxylic acids is 1. The molecular formula is C19H16BrNO4S. The molecular weight excluding hydrogens is 418 g/mol. The molecule has 26 heavy (non-hydrogen) atoms. The van der Waals surface area contributed by atoms with Gasteiger partial charge in [0.25, 0.3) is 10.0 Å². The van der Waals surface area contributed by atoms with Gasteiger partial charge in [-0.25, -0.2) is 8.42 Å². The molecule has 2 aromatic carbocycles. The molecule has 1 N–H and O–H groups in total. The normalized spacial score (nSPS) is 14.5. The molecule has 3 aromatic rings. The molecule has 0 radical (unpaired) electrons. The van der Waals surface area contributed by atoms with Crippen LogP contribution >= 0.6 is 15.9 Å². The highest BCUT2D eigenvalue weighted by Crippen LogP contribution is 2.38. The van der Waals surface area contributed by atoms with E-state index >= 15 is 0 Å². The van der Waals surface area contributed by atoms with Crippen LogP contribution in [0.15, 0.2) is 50.2 Å². The molecule has 0 atom stereocenters. The van der Waals surface area contributed by atoms with Crippen molar-refractivity contribution in [2.75, 3.05) is 4.72 Å². The molecule has 1 aromatic heterocycles. The predicted molar refractivity (Wildman–Crippen MR) is 103 cm³/mol. The number of halogens is 1. The Morgan fingerprint density at radius 1 is 1.12 bits per heavy atom. The van der Waals surface area contributed by atoms with Crippen molar-refractivity contribution in [1.29, 1.82) is 0 Å². The number of nitrogens with one attached hydrogen (secondary N) is 1. The van der Waals surface area contributed by atoms with Crippen LogP contribution in [-0.2, 0) is 16.4 Å². The first-order valence-corrected chi connectivity index (χ1v) is 10.5. The first kappa shape index (κ1) is 17.3. The number of furan rings is 1. The summed E-state index contributed by atoms with van der Waals surface area (Å²) >= 11 is 3.43.